The Kier molecular flexibility index (Phi) is 4.44. The lowest BCUT2D eigenvalue weighted by Gasteiger charge is -2.09. The van der Waals surface area contributed by atoms with E-state index < -0.39 is 0 Å². The molecule has 0 spiro atoms. The number of rotatable bonds is 4. The second-order valence-corrected chi connectivity index (χ2v) is 4.09. The first kappa shape index (κ1) is 11.9. The molecular weight excluding hydrogens is 256 g/mol. The summed E-state index contributed by atoms with van der Waals surface area (Å²) in [4.78, 5) is 1.61. The smallest absolute Gasteiger partial charge is 0.179 e. The Morgan fingerprint density at radius 1 is 1.53 bits per heavy atom. The molecule has 0 aliphatic heterocycles. The number of likely N-dealkylation sites (N-methyl/N-ethyl adjacent to an activating group) is 1. The zero-order chi connectivity index (χ0) is 11.3. The molecule has 0 unspecified atom stereocenters. The Balaban J connectivity index is 2.64. The summed E-state index contributed by atoms with van der Waals surface area (Å²) in [5, 5.41) is 8.60. The predicted octanol–water partition coefficient (Wildman–Crippen LogP) is 2.41. The lowest BCUT2D eigenvalue weighted by molar-refractivity contribution is 0.411. The van der Waals surface area contributed by atoms with Gasteiger partial charge in [0.05, 0.1) is 11.6 Å². The lowest BCUT2D eigenvalue weighted by atomic mass is 10.1. The van der Waals surface area contributed by atoms with Gasteiger partial charge in [0.15, 0.2) is 6.19 Å². The van der Waals surface area contributed by atoms with Gasteiger partial charge >= 0.3 is 0 Å². The van der Waals surface area contributed by atoms with Crippen LogP contribution in [0, 0.1) is 11.5 Å². The summed E-state index contributed by atoms with van der Waals surface area (Å²) in [7, 11) is 3.42. The largest absolute Gasteiger partial charge is 0.496 e. The summed E-state index contributed by atoms with van der Waals surface area (Å²) in [6, 6.07) is 5.95. The fourth-order valence-corrected chi connectivity index (χ4v) is 1.80. The fraction of sp³-hybridized carbons (Fsp3) is 0.364. The highest BCUT2D eigenvalue weighted by molar-refractivity contribution is 9.10. The first-order valence-electron chi connectivity index (χ1n) is 4.60. The molecule has 0 saturated heterocycles. The van der Waals surface area contributed by atoms with E-state index in [1.165, 1.54) is 5.56 Å². The van der Waals surface area contributed by atoms with E-state index in [4.69, 9.17) is 10.00 Å². The number of hydrogen-bond acceptors (Lipinski definition) is 3. The fourth-order valence-electron chi connectivity index (χ4n) is 1.21. The van der Waals surface area contributed by atoms with Gasteiger partial charge in [0, 0.05) is 13.6 Å². The van der Waals surface area contributed by atoms with Crippen LogP contribution < -0.4 is 4.74 Å². The molecule has 1 aromatic rings. The van der Waals surface area contributed by atoms with Gasteiger partial charge in [0.1, 0.15) is 5.75 Å². The minimum Gasteiger partial charge on any atom is -0.496 e. The van der Waals surface area contributed by atoms with Crippen molar-refractivity contribution in [3.8, 4) is 11.9 Å². The quantitative estimate of drug-likeness (QED) is 0.622. The highest BCUT2D eigenvalue weighted by atomic mass is 79.9. The molecule has 3 nitrogen and oxygen atoms in total. The van der Waals surface area contributed by atoms with E-state index in [0.29, 0.717) is 0 Å². The standard InChI is InChI=1S/C11H13BrN2O/c1-14(8-13)6-5-9-3-4-11(15-2)10(12)7-9/h3-4,7H,5-6H2,1-2H3. The molecule has 0 fully saturated rings. The maximum atomic E-state index is 8.60. The second kappa shape index (κ2) is 5.62. The molecule has 1 rings (SSSR count). The summed E-state index contributed by atoms with van der Waals surface area (Å²) < 4.78 is 6.08. The van der Waals surface area contributed by atoms with Gasteiger partial charge < -0.3 is 9.64 Å². The molecule has 80 valence electrons. The Morgan fingerprint density at radius 2 is 2.27 bits per heavy atom. The lowest BCUT2D eigenvalue weighted by Crippen LogP contribution is -2.14. The van der Waals surface area contributed by atoms with E-state index in [1.807, 2.05) is 18.2 Å². The Hall–Kier alpha value is -1.21. The van der Waals surface area contributed by atoms with E-state index in [1.54, 1.807) is 19.1 Å². The highest BCUT2D eigenvalue weighted by Crippen LogP contribution is 2.25. The predicted molar refractivity (Wildman–Crippen MR) is 62.6 cm³/mol. The number of nitriles is 1. The molecule has 0 saturated carbocycles. The number of halogens is 1. The van der Waals surface area contributed by atoms with Crippen molar-refractivity contribution < 1.29 is 4.74 Å². The Labute approximate surface area is 98.4 Å². The van der Waals surface area contributed by atoms with Crippen LogP contribution in [0.2, 0.25) is 0 Å². The zero-order valence-electron chi connectivity index (χ0n) is 8.83. The van der Waals surface area contributed by atoms with Crippen LogP contribution in [-0.2, 0) is 6.42 Å². The average molecular weight is 269 g/mol. The van der Waals surface area contributed by atoms with Crippen molar-refractivity contribution in [1.29, 1.82) is 5.26 Å². The molecule has 0 N–H and O–H groups in total. The van der Waals surface area contributed by atoms with Gasteiger partial charge in [-0.15, -0.1) is 0 Å². The van der Waals surface area contributed by atoms with Gasteiger partial charge in [-0.25, -0.2) is 0 Å². The van der Waals surface area contributed by atoms with Gasteiger partial charge in [-0.05, 0) is 40.0 Å². The minimum atomic E-state index is 0.731. The maximum absolute atomic E-state index is 8.60. The van der Waals surface area contributed by atoms with E-state index in [2.05, 4.69) is 22.1 Å². The van der Waals surface area contributed by atoms with E-state index in [9.17, 15) is 0 Å². The first-order chi connectivity index (χ1) is 7.17. The van der Waals surface area contributed by atoms with Crippen molar-refractivity contribution in [3.63, 3.8) is 0 Å². The van der Waals surface area contributed by atoms with Crippen LogP contribution in [0.15, 0.2) is 22.7 Å². The number of hydrogen-bond donors (Lipinski definition) is 0. The third kappa shape index (κ3) is 3.45. The Morgan fingerprint density at radius 3 is 2.80 bits per heavy atom. The van der Waals surface area contributed by atoms with Gasteiger partial charge in [-0.3, -0.25) is 0 Å². The van der Waals surface area contributed by atoms with Crippen molar-refractivity contribution in [2.24, 2.45) is 0 Å². The molecule has 1 aromatic carbocycles. The van der Waals surface area contributed by atoms with Crippen LogP contribution in [0.5, 0.6) is 5.75 Å². The van der Waals surface area contributed by atoms with Crippen LogP contribution in [0.3, 0.4) is 0 Å². The topological polar surface area (TPSA) is 36.3 Å². The molecule has 0 aliphatic rings. The van der Waals surface area contributed by atoms with E-state index in [0.717, 1.165) is 23.2 Å². The monoisotopic (exact) mass is 268 g/mol. The number of nitrogens with zero attached hydrogens (tertiary/aromatic N) is 2. The zero-order valence-corrected chi connectivity index (χ0v) is 10.4. The van der Waals surface area contributed by atoms with Crippen molar-refractivity contribution in [2.75, 3.05) is 20.7 Å². The normalized spacial score (nSPS) is 9.47. The van der Waals surface area contributed by atoms with Gasteiger partial charge in [-0.2, -0.15) is 5.26 Å². The molecule has 15 heavy (non-hydrogen) atoms. The van der Waals surface area contributed by atoms with Crippen molar-refractivity contribution in [2.45, 2.75) is 6.42 Å². The third-order valence-electron chi connectivity index (χ3n) is 2.12. The van der Waals surface area contributed by atoms with E-state index >= 15 is 0 Å². The van der Waals surface area contributed by atoms with Crippen LogP contribution in [0.1, 0.15) is 5.56 Å². The molecule has 0 aliphatic carbocycles. The van der Waals surface area contributed by atoms with Gasteiger partial charge in [0.25, 0.3) is 0 Å². The first-order valence-corrected chi connectivity index (χ1v) is 5.40. The molecule has 0 amide bonds. The summed E-state index contributed by atoms with van der Waals surface area (Å²) in [5.41, 5.74) is 1.18. The molecule has 0 bridgehead atoms. The van der Waals surface area contributed by atoms with Crippen molar-refractivity contribution in [3.05, 3.63) is 28.2 Å². The minimum absolute atomic E-state index is 0.731. The molecular formula is C11H13BrN2O. The number of ether oxygens (including phenoxy) is 1. The molecule has 4 heteroatoms. The third-order valence-corrected chi connectivity index (χ3v) is 2.74. The van der Waals surface area contributed by atoms with Gasteiger partial charge in [-0.1, -0.05) is 6.07 Å². The number of methoxy groups -OCH3 is 1. The van der Waals surface area contributed by atoms with Crippen molar-refractivity contribution in [1.82, 2.24) is 4.90 Å². The van der Waals surface area contributed by atoms with Gasteiger partial charge in [0.2, 0.25) is 0 Å². The molecule has 0 atom stereocenters. The summed E-state index contributed by atoms with van der Waals surface area (Å²) in [6.45, 7) is 0.731. The molecule has 0 radical (unpaired) electrons. The molecule has 0 aromatic heterocycles. The highest BCUT2D eigenvalue weighted by Gasteiger charge is 2.02. The summed E-state index contributed by atoms with van der Waals surface area (Å²) >= 11 is 3.43. The maximum Gasteiger partial charge on any atom is 0.179 e. The van der Waals surface area contributed by atoms with Crippen molar-refractivity contribution >= 4 is 15.9 Å². The summed E-state index contributed by atoms with van der Waals surface area (Å²) in [6.07, 6.45) is 2.92. The van der Waals surface area contributed by atoms with Crippen LogP contribution >= 0.6 is 15.9 Å². The average Bonchev–Trinajstić information content (AvgIpc) is 2.26. The SMILES string of the molecule is COc1ccc(CCN(C)C#N)cc1Br. The summed E-state index contributed by atoms with van der Waals surface area (Å²) in [5.74, 6) is 0.826. The second-order valence-electron chi connectivity index (χ2n) is 3.24. The van der Waals surface area contributed by atoms with Crippen LogP contribution in [0.25, 0.3) is 0 Å². The van der Waals surface area contributed by atoms with Crippen LogP contribution in [-0.4, -0.2) is 25.6 Å². The van der Waals surface area contributed by atoms with E-state index in [-0.39, 0.29) is 0 Å². The number of benzene rings is 1. The molecule has 0 heterocycles. The van der Waals surface area contributed by atoms with Crippen LogP contribution in [0.4, 0.5) is 0 Å². The Bertz CT molecular complexity index is 373.